The molecule has 0 atom stereocenters. The zero-order chi connectivity index (χ0) is 15.5. The van der Waals surface area contributed by atoms with Gasteiger partial charge < -0.3 is 0 Å². The maximum atomic E-state index is 4.55. The second kappa shape index (κ2) is 6.26. The molecule has 0 saturated heterocycles. The first-order valence-electron chi connectivity index (χ1n) is 7.37. The third kappa shape index (κ3) is 3.27. The minimum Gasteiger partial charge on any atom is -0.278 e. The lowest BCUT2D eigenvalue weighted by atomic mass is 10.1. The van der Waals surface area contributed by atoms with Crippen LogP contribution in [-0.2, 0) is 12.2 Å². The molecule has 0 aliphatic rings. The van der Waals surface area contributed by atoms with Crippen LogP contribution < -0.4 is 0 Å². The first-order valence-corrected chi connectivity index (χ1v) is 8.35. The standard InChI is InChI=1S/C17H15N5S/c1-2-4-12(5-3-1)9-16-19-17(22-21-16)23-11-13-6-7-14-10-18-20-15(14)8-13/h1-8,10H,9,11H2,(H,18,20)(H,19,21,22). The Hall–Kier alpha value is -2.60. The minimum absolute atomic E-state index is 0.772. The van der Waals surface area contributed by atoms with Crippen LogP contribution >= 0.6 is 11.8 Å². The van der Waals surface area contributed by atoms with Gasteiger partial charge in [-0.1, -0.05) is 54.2 Å². The van der Waals surface area contributed by atoms with Crippen LogP contribution in [0.2, 0.25) is 0 Å². The first kappa shape index (κ1) is 14.0. The smallest absolute Gasteiger partial charge is 0.208 e. The number of benzene rings is 2. The predicted octanol–water partition coefficient (Wildman–Crippen LogP) is 3.56. The average molecular weight is 321 g/mol. The number of nitrogens with one attached hydrogen (secondary N) is 2. The van der Waals surface area contributed by atoms with Crippen molar-refractivity contribution in [3.8, 4) is 0 Å². The van der Waals surface area contributed by atoms with E-state index in [0.29, 0.717) is 0 Å². The van der Waals surface area contributed by atoms with Crippen LogP contribution in [0.3, 0.4) is 0 Å². The molecule has 114 valence electrons. The summed E-state index contributed by atoms with van der Waals surface area (Å²) in [5.74, 6) is 1.72. The number of aromatic nitrogens is 5. The minimum atomic E-state index is 0.772. The van der Waals surface area contributed by atoms with Gasteiger partial charge in [0.1, 0.15) is 5.82 Å². The predicted molar refractivity (Wildman–Crippen MR) is 91.3 cm³/mol. The highest BCUT2D eigenvalue weighted by Crippen LogP contribution is 2.22. The molecule has 0 saturated carbocycles. The van der Waals surface area contributed by atoms with Crippen LogP contribution in [0.15, 0.2) is 59.9 Å². The molecule has 2 aromatic carbocycles. The third-order valence-corrected chi connectivity index (χ3v) is 4.52. The summed E-state index contributed by atoms with van der Waals surface area (Å²) in [6.45, 7) is 0. The number of nitrogens with zero attached hydrogens (tertiary/aromatic N) is 3. The molecular formula is C17H15N5S. The normalized spacial score (nSPS) is 11.1. The molecule has 6 heteroatoms. The SMILES string of the molecule is c1ccc(Cc2nc(SCc3ccc4cn[nH]c4c3)n[nH]2)cc1. The van der Waals surface area contributed by atoms with Crippen molar-refractivity contribution in [1.82, 2.24) is 25.4 Å². The average Bonchev–Trinajstić information content (AvgIpc) is 3.22. The van der Waals surface area contributed by atoms with Gasteiger partial charge in [0.25, 0.3) is 0 Å². The summed E-state index contributed by atoms with van der Waals surface area (Å²) in [7, 11) is 0. The number of thioether (sulfide) groups is 1. The van der Waals surface area contributed by atoms with Gasteiger partial charge in [-0.25, -0.2) is 4.98 Å². The monoisotopic (exact) mass is 321 g/mol. The van der Waals surface area contributed by atoms with Crippen LogP contribution in [0.1, 0.15) is 17.0 Å². The maximum absolute atomic E-state index is 4.55. The summed E-state index contributed by atoms with van der Waals surface area (Å²) in [5.41, 5.74) is 3.51. The lowest BCUT2D eigenvalue weighted by molar-refractivity contribution is 0.956. The van der Waals surface area contributed by atoms with E-state index >= 15 is 0 Å². The summed E-state index contributed by atoms with van der Waals surface area (Å²) in [4.78, 5) is 4.55. The van der Waals surface area contributed by atoms with Crippen molar-refractivity contribution in [2.45, 2.75) is 17.3 Å². The molecule has 23 heavy (non-hydrogen) atoms. The van der Waals surface area contributed by atoms with E-state index in [2.05, 4.69) is 55.7 Å². The van der Waals surface area contributed by atoms with Crippen molar-refractivity contribution in [2.75, 3.05) is 0 Å². The molecule has 5 nitrogen and oxygen atoms in total. The summed E-state index contributed by atoms with van der Waals surface area (Å²) >= 11 is 1.63. The van der Waals surface area contributed by atoms with E-state index in [-0.39, 0.29) is 0 Å². The Balaban J connectivity index is 1.41. The number of rotatable bonds is 5. The fourth-order valence-electron chi connectivity index (χ4n) is 2.43. The van der Waals surface area contributed by atoms with Crippen molar-refractivity contribution < 1.29 is 0 Å². The van der Waals surface area contributed by atoms with Crippen LogP contribution in [0, 0.1) is 0 Å². The van der Waals surface area contributed by atoms with E-state index in [1.54, 1.807) is 11.8 Å². The summed E-state index contributed by atoms with van der Waals surface area (Å²) in [6, 6.07) is 16.6. The zero-order valence-electron chi connectivity index (χ0n) is 12.4. The molecule has 4 rings (SSSR count). The van der Waals surface area contributed by atoms with Crippen molar-refractivity contribution >= 4 is 22.7 Å². The molecule has 0 radical (unpaired) electrons. The molecule has 0 aliphatic carbocycles. The van der Waals surface area contributed by atoms with Crippen molar-refractivity contribution in [3.63, 3.8) is 0 Å². The molecule has 2 heterocycles. The second-order valence-corrected chi connectivity index (χ2v) is 6.25. The van der Waals surface area contributed by atoms with E-state index in [9.17, 15) is 0 Å². The van der Waals surface area contributed by atoms with E-state index < -0.39 is 0 Å². The summed E-state index contributed by atoms with van der Waals surface area (Å²) in [5, 5.41) is 16.2. The highest BCUT2D eigenvalue weighted by Gasteiger charge is 2.06. The van der Waals surface area contributed by atoms with Gasteiger partial charge >= 0.3 is 0 Å². The Morgan fingerprint density at radius 1 is 0.957 bits per heavy atom. The summed E-state index contributed by atoms with van der Waals surface area (Å²) in [6.07, 6.45) is 2.60. The van der Waals surface area contributed by atoms with Crippen molar-refractivity contribution in [2.24, 2.45) is 0 Å². The Morgan fingerprint density at radius 3 is 2.78 bits per heavy atom. The molecule has 2 N–H and O–H groups in total. The Kier molecular flexibility index (Phi) is 3.81. The highest BCUT2D eigenvalue weighted by molar-refractivity contribution is 7.98. The topological polar surface area (TPSA) is 70.2 Å². The molecular weight excluding hydrogens is 306 g/mol. The molecule has 0 bridgehead atoms. The van der Waals surface area contributed by atoms with Crippen LogP contribution in [0.4, 0.5) is 0 Å². The van der Waals surface area contributed by atoms with Gasteiger partial charge in [-0.2, -0.15) is 5.10 Å². The molecule has 2 aromatic heterocycles. The van der Waals surface area contributed by atoms with Crippen LogP contribution in [-0.4, -0.2) is 25.4 Å². The molecule has 0 spiro atoms. The third-order valence-electron chi connectivity index (χ3n) is 3.60. The number of hydrogen-bond donors (Lipinski definition) is 2. The fraction of sp³-hybridized carbons (Fsp3) is 0.118. The van der Waals surface area contributed by atoms with Gasteiger partial charge in [0, 0.05) is 17.6 Å². The van der Waals surface area contributed by atoms with E-state index in [1.165, 1.54) is 11.1 Å². The van der Waals surface area contributed by atoms with Gasteiger partial charge in [-0.3, -0.25) is 10.2 Å². The lowest BCUT2D eigenvalue weighted by Crippen LogP contribution is -1.90. The number of hydrogen-bond acceptors (Lipinski definition) is 4. The molecule has 4 aromatic rings. The Bertz CT molecular complexity index is 913. The highest BCUT2D eigenvalue weighted by atomic mass is 32.2. The summed E-state index contributed by atoms with van der Waals surface area (Å²) < 4.78 is 0. The quantitative estimate of drug-likeness (QED) is 0.551. The van der Waals surface area contributed by atoms with Gasteiger partial charge in [-0.05, 0) is 17.2 Å². The van der Waals surface area contributed by atoms with Crippen LogP contribution in [0.25, 0.3) is 10.9 Å². The van der Waals surface area contributed by atoms with Gasteiger partial charge in [0.15, 0.2) is 0 Å². The van der Waals surface area contributed by atoms with Gasteiger partial charge in [0.05, 0.1) is 11.7 Å². The largest absolute Gasteiger partial charge is 0.278 e. The van der Waals surface area contributed by atoms with Gasteiger partial charge in [-0.15, -0.1) is 5.10 Å². The van der Waals surface area contributed by atoms with E-state index in [4.69, 9.17) is 0 Å². The second-order valence-electron chi connectivity index (χ2n) is 5.31. The van der Waals surface area contributed by atoms with E-state index in [0.717, 1.165) is 34.1 Å². The van der Waals surface area contributed by atoms with E-state index in [1.807, 2.05) is 24.4 Å². The van der Waals surface area contributed by atoms with Gasteiger partial charge in [0.2, 0.25) is 5.16 Å². The number of aromatic amines is 2. The van der Waals surface area contributed by atoms with Crippen LogP contribution in [0.5, 0.6) is 0 Å². The first-order chi connectivity index (χ1) is 11.4. The molecule has 0 fully saturated rings. The Morgan fingerprint density at radius 2 is 1.87 bits per heavy atom. The maximum Gasteiger partial charge on any atom is 0.208 e. The van der Waals surface area contributed by atoms with Crippen molar-refractivity contribution in [1.29, 1.82) is 0 Å². The molecule has 0 unspecified atom stereocenters. The number of H-pyrrole nitrogens is 2. The lowest BCUT2D eigenvalue weighted by Gasteiger charge is -1.98. The zero-order valence-corrected chi connectivity index (χ0v) is 13.2. The number of fused-ring (bicyclic) bond motifs is 1. The van der Waals surface area contributed by atoms with Crippen molar-refractivity contribution in [3.05, 3.63) is 71.7 Å². The fourth-order valence-corrected chi connectivity index (χ4v) is 3.19. The Labute approximate surface area is 137 Å². The molecule has 0 aliphatic heterocycles. The molecule has 0 amide bonds.